The Hall–Kier alpha value is -2.17. The van der Waals surface area contributed by atoms with Gasteiger partial charge in [0.05, 0.1) is 11.4 Å². The van der Waals surface area contributed by atoms with Crippen LogP contribution < -0.4 is 5.43 Å². The van der Waals surface area contributed by atoms with Crippen LogP contribution in [0.15, 0.2) is 52.9 Å². The molecule has 5 heteroatoms. The predicted molar refractivity (Wildman–Crippen MR) is 102 cm³/mol. The van der Waals surface area contributed by atoms with Crippen molar-refractivity contribution in [2.75, 3.05) is 5.43 Å². The number of nitrogens with zero attached hydrogens (tertiary/aromatic N) is 2. The average Bonchev–Trinajstić information content (AvgIpc) is 3.20. The monoisotopic (exact) mass is 353 g/mol. The van der Waals surface area contributed by atoms with Crippen molar-refractivity contribution < 1.29 is 0 Å². The summed E-state index contributed by atoms with van der Waals surface area (Å²) in [7, 11) is 0. The first-order valence-electron chi connectivity index (χ1n) is 7.83. The van der Waals surface area contributed by atoms with Gasteiger partial charge in [0.25, 0.3) is 0 Å². The van der Waals surface area contributed by atoms with Gasteiger partial charge >= 0.3 is 0 Å². The summed E-state index contributed by atoms with van der Waals surface area (Å²) in [4.78, 5) is 4.60. The van der Waals surface area contributed by atoms with Gasteiger partial charge in [-0.1, -0.05) is 47.5 Å². The van der Waals surface area contributed by atoms with Gasteiger partial charge in [0.1, 0.15) is 0 Å². The van der Waals surface area contributed by atoms with Crippen molar-refractivity contribution in [3.63, 3.8) is 0 Å². The number of rotatable bonds is 3. The van der Waals surface area contributed by atoms with Crippen LogP contribution in [-0.4, -0.2) is 10.7 Å². The molecule has 1 N–H and O–H groups in total. The Morgan fingerprint density at radius 1 is 1.12 bits per heavy atom. The second-order valence-electron chi connectivity index (χ2n) is 5.88. The van der Waals surface area contributed by atoms with E-state index < -0.39 is 0 Å². The highest BCUT2D eigenvalue weighted by Gasteiger charge is 2.17. The number of anilines is 1. The number of halogens is 1. The molecule has 1 aliphatic rings. The summed E-state index contributed by atoms with van der Waals surface area (Å²) in [6.45, 7) is 2.13. The number of fused-ring (bicyclic) bond motifs is 1. The van der Waals surface area contributed by atoms with Crippen LogP contribution >= 0.6 is 22.9 Å². The number of benzene rings is 2. The lowest BCUT2D eigenvalue weighted by Crippen LogP contribution is -1.99. The quantitative estimate of drug-likeness (QED) is 0.628. The first kappa shape index (κ1) is 15.4. The van der Waals surface area contributed by atoms with Crippen molar-refractivity contribution in [1.29, 1.82) is 0 Å². The minimum atomic E-state index is 0.730. The third-order valence-corrected chi connectivity index (χ3v) is 5.13. The Labute approximate surface area is 150 Å². The van der Waals surface area contributed by atoms with Crippen LogP contribution in [-0.2, 0) is 6.42 Å². The molecule has 4 rings (SSSR count). The third kappa shape index (κ3) is 3.07. The van der Waals surface area contributed by atoms with E-state index in [2.05, 4.69) is 40.6 Å². The van der Waals surface area contributed by atoms with E-state index in [1.165, 1.54) is 16.7 Å². The molecule has 0 radical (unpaired) electrons. The minimum Gasteiger partial charge on any atom is -0.252 e. The van der Waals surface area contributed by atoms with Crippen molar-refractivity contribution >= 4 is 33.8 Å². The van der Waals surface area contributed by atoms with E-state index in [-0.39, 0.29) is 0 Å². The standard InChI is InChI=1S/C19H16ClN3S/c1-12-2-8-16-14(10-12)5-9-17(16)22-23-19-21-18(11-24-19)13-3-6-15(20)7-4-13/h2-4,6-8,10-11H,5,9H2,1H3,(H,21,23)/b22-17+. The molecular weight excluding hydrogens is 338 g/mol. The Bertz CT molecular complexity index is 913. The fourth-order valence-corrected chi connectivity index (χ4v) is 3.70. The Morgan fingerprint density at radius 3 is 2.79 bits per heavy atom. The summed E-state index contributed by atoms with van der Waals surface area (Å²) in [5.41, 5.74) is 10.1. The third-order valence-electron chi connectivity index (χ3n) is 4.13. The first-order chi connectivity index (χ1) is 11.7. The highest BCUT2D eigenvalue weighted by molar-refractivity contribution is 7.14. The summed E-state index contributed by atoms with van der Waals surface area (Å²) < 4.78 is 0. The molecule has 1 aliphatic carbocycles. The molecule has 0 aliphatic heterocycles. The molecule has 0 fully saturated rings. The van der Waals surface area contributed by atoms with E-state index in [1.54, 1.807) is 11.3 Å². The number of hydrogen-bond acceptors (Lipinski definition) is 4. The number of hydrazone groups is 1. The molecule has 0 amide bonds. The van der Waals surface area contributed by atoms with Crippen LogP contribution in [0.4, 0.5) is 5.13 Å². The number of aromatic nitrogens is 1. The molecule has 0 spiro atoms. The van der Waals surface area contributed by atoms with Crippen molar-refractivity contribution in [3.8, 4) is 11.3 Å². The molecule has 0 unspecified atom stereocenters. The number of aryl methyl sites for hydroxylation is 2. The lowest BCUT2D eigenvalue weighted by atomic mass is 10.1. The molecule has 0 atom stereocenters. The highest BCUT2D eigenvalue weighted by atomic mass is 35.5. The summed E-state index contributed by atoms with van der Waals surface area (Å²) in [6.07, 6.45) is 2.03. The van der Waals surface area contributed by atoms with Gasteiger partial charge in [-0.3, -0.25) is 5.43 Å². The van der Waals surface area contributed by atoms with Crippen molar-refractivity contribution in [1.82, 2.24) is 4.98 Å². The van der Waals surface area contributed by atoms with Gasteiger partial charge in [0.2, 0.25) is 5.13 Å². The summed E-state index contributed by atoms with van der Waals surface area (Å²) >= 11 is 7.48. The fourth-order valence-electron chi connectivity index (χ4n) is 2.91. The van der Waals surface area contributed by atoms with Gasteiger partial charge in [-0.05, 0) is 37.5 Å². The molecule has 24 heavy (non-hydrogen) atoms. The van der Waals surface area contributed by atoms with E-state index in [1.807, 2.05) is 29.6 Å². The largest absolute Gasteiger partial charge is 0.252 e. The normalized spacial score (nSPS) is 14.8. The number of nitrogens with one attached hydrogen (secondary N) is 1. The summed E-state index contributed by atoms with van der Waals surface area (Å²) in [5, 5.41) is 8.13. The molecule has 1 aromatic heterocycles. The van der Waals surface area contributed by atoms with Crippen LogP contribution in [0.2, 0.25) is 5.02 Å². The van der Waals surface area contributed by atoms with Crippen LogP contribution in [0.3, 0.4) is 0 Å². The zero-order valence-corrected chi connectivity index (χ0v) is 14.8. The Morgan fingerprint density at radius 2 is 1.96 bits per heavy atom. The molecule has 0 saturated heterocycles. The van der Waals surface area contributed by atoms with Crippen molar-refractivity contribution in [3.05, 3.63) is 69.6 Å². The SMILES string of the molecule is Cc1ccc2c(c1)CC/C2=N\Nc1nc(-c2ccc(Cl)cc2)cs1. The molecule has 0 saturated carbocycles. The molecule has 120 valence electrons. The maximum absolute atomic E-state index is 5.93. The first-order valence-corrected chi connectivity index (χ1v) is 9.09. The molecule has 3 aromatic rings. The lowest BCUT2D eigenvalue weighted by Gasteiger charge is -2.02. The topological polar surface area (TPSA) is 37.3 Å². The van der Waals surface area contributed by atoms with Gasteiger partial charge in [0.15, 0.2) is 0 Å². The van der Waals surface area contributed by atoms with E-state index in [9.17, 15) is 0 Å². The molecule has 2 aromatic carbocycles. The minimum absolute atomic E-state index is 0.730. The predicted octanol–water partition coefficient (Wildman–Crippen LogP) is 5.53. The van der Waals surface area contributed by atoms with Crippen LogP contribution in [0.5, 0.6) is 0 Å². The highest BCUT2D eigenvalue weighted by Crippen LogP contribution is 2.27. The smallest absolute Gasteiger partial charge is 0.203 e. The van der Waals surface area contributed by atoms with Crippen LogP contribution in [0, 0.1) is 6.92 Å². The maximum atomic E-state index is 5.93. The average molecular weight is 354 g/mol. The summed E-state index contributed by atoms with van der Waals surface area (Å²) in [5.74, 6) is 0. The second kappa shape index (κ2) is 6.38. The van der Waals surface area contributed by atoms with E-state index >= 15 is 0 Å². The zero-order chi connectivity index (χ0) is 16.5. The lowest BCUT2D eigenvalue weighted by molar-refractivity contribution is 1.08. The van der Waals surface area contributed by atoms with Gasteiger partial charge < -0.3 is 0 Å². The van der Waals surface area contributed by atoms with Gasteiger partial charge in [-0.15, -0.1) is 11.3 Å². The Kier molecular flexibility index (Phi) is 4.08. The summed E-state index contributed by atoms with van der Waals surface area (Å²) in [6, 6.07) is 14.3. The van der Waals surface area contributed by atoms with Gasteiger partial charge in [0, 0.05) is 21.5 Å². The molecular formula is C19H16ClN3S. The van der Waals surface area contributed by atoms with E-state index in [0.29, 0.717) is 0 Å². The molecule has 0 bridgehead atoms. The zero-order valence-electron chi connectivity index (χ0n) is 13.2. The van der Waals surface area contributed by atoms with E-state index in [4.69, 9.17) is 11.6 Å². The Balaban J connectivity index is 1.52. The van der Waals surface area contributed by atoms with Gasteiger partial charge in [-0.2, -0.15) is 5.10 Å². The van der Waals surface area contributed by atoms with Crippen LogP contribution in [0.25, 0.3) is 11.3 Å². The second-order valence-corrected chi connectivity index (χ2v) is 7.17. The van der Waals surface area contributed by atoms with Crippen molar-refractivity contribution in [2.24, 2.45) is 5.10 Å². The maximum Gasteiger partial charge on any atom is 0.203 e. The van der Waals surface area contributed by atoms with Crippen molar-refractivity contribution in [2.45, 2.75) is 19.8 Å². The number of thiazole rings is 1. The van der Waals surface area contributed by atoms with Gasteiger partial charge in [-0.25, -0.2) is 4.98 Å². The molecule has 3 nitrogen and oxygen atoms in total. The fraction of sp³-hybridized carbons (Fsp3) is 0.158. The van der Waals surface area contributed by atoms with E-state index in [0.717, 1.165) is 40.0 Å². The number of hydrogen-bond donors (Lipinski definition) is 1. The van der Waals surface area contributed by atoms with Crippen LogP contribution in [0.1, 0.15) is 23.1 Å². The molecule has 1 heterocycles.